The first-order valence-corrected chi connectivity index (χ1v) is 18.7. The number of nitrogens with zero attached hydrogens (tertiary/aromatic N) is 2. The van der Waals surface area contributed by atoms with Crippen molar-refractivity contribution in [1.29, 1.82) is 0 Å². The second kappa shape index (κ2) is 19.4. The Balaban J connectivity index is 1.38. The molecule has 8 nitrogen and oxygen atoms in total. The zero-order valence-electron chi connectivity index (χ0n) is 31.0. The monoisotopic (exact) mass is 726 g/mol. The quantitative estimate of drug-likeness (QED) is 0.107. The molecule has 4 aromatic rings. The molecule has 0 aromatic heterocycles. The Labute approximate surface area is 318 Å². The lowest BCUT2D eigenvalue weighted by atomic mass is 9.55. The molecule has 0 aliphatic heterocycles. The van der Waals surface area contributed by atoms with Gasteiger partial charge in [0.2, 0.25) is 11.8 Å². The average Bonchev–Trinajstić information content (AvgIpc) is 3.15. The van der Waals surface area contributed by atoms with E-state index >= 15 is 0 Å². The van der Waals surface area contributed by atoms with Crippen molar-refractivity contribution < 1.29 is 29.4 Å². The van der Waals surface area contributed by atoms with E-state index in [2.05, 4.69) is 0 Å². The van der Waals surface area contributed by atoms with E-state index in [1.165, 1.54) is 0 Å². The molecule has 2 atom stereocenters. The molecule has 4 aromatic carbocycles. The van der Waals surface area contributed by atoms with Crippen molar-refractivity contribution in [2.75, 3.05) is 13.1 Å². The standard InChI is InChI=1S/C46H50N2O6/c1-33(17-15-27-35-19-7-3-8-20-35)29-47(31-37-23-11-5-12-24-37)43(49)39-41(45(51)52)40(42(39)46(53)54)44(50)48(32-38-25-13-6-14-26-38)30-34(2)18-16-28-36-21-9-4-10-22-36/h3-16,19-28,33-34,39-42H,17-18,29-32H2,1-2H3,(H,51,52)(H,53,54)/b27-15+,28-16+/t33-,34-,39?,40?,41?,42?/m1/s1. The Morgan fingerprint density at radius 3 is 1.15 bits per heavy atom. The number of hydrogen-bond donors (Lipinski definition) is 2. The molecule has 0 unspecified atom stereocenters. The van der Waals surface area contributed by atoms with Gasteiger partial charge in [-0.25, -0.2) is 0 Å². The largest absolute Gasteiger partial charge is 0.481 e. The first-order valence-electron chi connectivity index (χ1n) is 18.7. The van der Waals surface area contributed by atoms with Crippen LogP contribution in [0, 0.1) is 35.5 Å². The molecule has 1 aliphatic rings. The molecule has 0 radical (unpaired) electrons. The molecule has 280 valence electrons. The van der Waals surface area contributed by atoms with E-state index in [-0.39, 0.29) is 38.0 Å². The highest BCUT2D eigenvalue weighted by Crippen LogP contribution is 2.49. The van der Waals surface area contributed by atoms with Crippen LogP contribution in [0.15, 0.2) is 133 Å². The summed E-state index contributed by atoms with van der Waals surface area (Å²) in [7, 11) is 0. The lowest BCUT2D eigenvalue weighted by molar-refractivity contribution is -0.188. The topological polar surface area (TPSA) is 115 Å². The van der Waals surface area contributed by atoms with Crippen molar-refractivity contribution in [3.8, 4) is 0 Å². The van der Waals surface area contributed by atoms with Crippen molar-refractivity contribution in [3.63, 3.8) is 0 Å². The summed E-state index contributed by atoms with van der Waals surface area (Å²) in [4.78, 5) is 58.1. The van der Waals surface area contributed by atoms with Crippen LogP contribution in [0.5, 0.6) is 0 Å². The molecular weight excluding hydrogens is 677 g/mol. The van der Waals surface area contributed by atoms with Crippen molar-refractivity contribution in [3.05, 3.63) is 156 Å². The van der Waals surface area contributed by atoms with Gasteiger partial charge >= 0.3 is 11.9 Å². The van der Waals surface area contributed by atoms with Crippen LogP contribution >= 0.6 is 0 Å². The third-order valence-electron chi connectivity index (χ3n) is 10.1. The predicted octanol–water partition coefficient (Wildman–Crippen LogP) is 8.17. The zero-order chi connectivity index (χ0) is 38.5. The van der Waals surface area contributed by atoms with E-state index in [4.69, 9.17) is 0 Å². The lowest BCUT2D eigenvalue weighted by Gasteiger charge is -2.48. The zero-order valence-corrected chi connectivity index (χ0v) is 31.0. The van der Waals surface area contributed by atoms with Gasteiger partial charge in [-0.2, -0.15) is 0 Å². The molecule has 1 fully saturated rings. The maximum absolute atomic E-state index is 14.5. The molecule has 5 rings (SSSR count). The molecule has 54 heavy (non-hydrogen) atoms. The van der Waals surface area contributed by atoms with Crippen LogP contribution in [-0.2, 0) is 32.3 Å². The number of hydrogen-bond acceptors (Lipinski definition) is 4. The maximum Gasteiger partial charge on any atom is 0.308 e. The SMILES string of the molecule is C[C@H](C/C=C/c1ccccc1)CN(Cc1ccccc1)C(=O)C1C(C(=O)O)C(C(=O)N(Cc2ccccc2)C[C@H](C)C/C=C/c2ccccc2)C1C(=O)O. The molecule has 8 heteroatoms. The normalized spacial score (nSPS) is 19.1. The summed E-state index contributed by atoms with van der Waals surface area (Å²) in [5.74, 6) is -9.59. The first-order chi connectivity index (χ1) is 26.1. The average molecular weight is 727 g/mol. The van der Waals surface area contributed by atoms with Gasteiger partial charge in [-0.05, 0) is 46.9 Å². The molecule has 0 spiro atoms. The number of carboxylic acid groups (broad SMARTS) is 2. The van der Waals surface area contributed by atoms with E-state index in [1.54, 1.807) is 9.80 Å². The number of carboxylic acids is 2. The number of benzene rings is 4. The van der Waals surface area contributed by atoms with Gasteiger partial charge in [-0.15, -0.1) is 0 Å². The van der Waals surface area contributed by atoms with Crippen molar-refractivity contribution in [2.24, 2.45) is 35.5 Å². The molecule has 0 heterocycles. The second-order valence-electron chi connectivity index (χ2n) is 14.5. The van der Waals surface area contributed by atoms with Crippen LogP contribution in [0.25, 0.3) is 12.2 Å². The van der Waals surface area contributed by atoms with Crippen LogP contribution in [-0.4, -0.2) is 56.9 Å². The predicted molar refractivity (Wildman–Crippen MR) is 211 cm³/mol. The number of carbonyl (C=O) groups is 4. The minimum atomic E-state index is -1.48. The third-order valence-corrected chi connectivity index (χ3v) is 10.1. The smallest absolute Gasteiger partial charge is 0.308 e. The Kier molecular flexibility index (Phi) is 14.1. The van der Waals surface area contributed by atoms with E-state index in [0.29, 0.717) is 12.8 Å². The van der Waals surface area contributed by atoms with Gasteiger partial charge in [0, 0.05) is 26.2 Å². The Hall–Kier alpha value is -5.76. The summed E-state index contributed by atoms with van der Waals surface area (Å²) >= 11 is 0. The molecular formula is C46H50N2O6. The number of carbonyl (C=O) groups excluding carboxylic acids is 2. The molecule has 1 saturated carbocycles. The van der Waals surface area contributed by atoms with Crippen LogP contribution in [0.3, 0.4) is 0 Å². The van der Waals surface area contributed by atoms with Crippen LogP contribution in [0.4, 0.5) is 0 Å². The Bertz CT molecular complexity index is 1730. The molecule has 0 bridgehead atoms. The highest BCUT2D eigenvalue weighted by molar-refractivity contribution is 5.99. The van der Waals surface area contributed by atoms with E-state index in [9.17, 15) is 29.4 Å². The fourth-order valence-electron chi connectivity index (χ4n) is 7.37. The molecule has 2 amide bonds. The van der Waals surface area contributed by atoms with Crippen LogP contribution in [0.2, 0.25) is 0 Å². The number of allylic oxidation sites excluding steroid dienone is 2. The van der Waals surface area contributed by atoms with Gasteiger partial charge in [0.1, 0.15) is 0 Å². The summed E-state index contributed by atoms with van der Waals surface area (Å²) in [5, 5.41) is 21.1. The highest BCUT2D eigenvalue weighted by Gasteiger charge is 2.65. The number of rotatable bonds is 18. The maximum atomic E-state index is 14.5. The van der Waals surface area contributed by atoms with Gasteiger partial charge in [-0.3, -0.25) is 19.2 Å². The van der Waals surface area contributed by atoms with E-state index < -0.39 is 47.4 Å². The van der Waals surface area contributed by atoms with Gasteiger partial charge in [0.15, 0.2) is 0 Å². The fraction of sp³-hybridized carbons (Fsp3) is 0.304. The minimum Gasteiger partial charge on any atom is -0.481 e. The molecule has 1 aliphatic carbocycles. The van der Waals surface area contributed by atoms with Crippen LogP contribution in [0.1, 0.15) is 48.9 Å². The first kappa shape index (κ1) is 39.4. The number of aliphatic carboxylic acids is 2. The van der Waals surface area contributed by atoms with Gasteiger partial charge in [0.05, 0.1) is 23.7 Å². The van der Waals surface area contributed by atoms with Crippen molar-refractivity contribution >= 4 is 35.9 Å². The summed E-state index contributed by atoms with van der Waals surface area (Å²) < 4.78 is 0. The lowest BCUT2D eigenvalue weighted by Crippen LogP contribution is -2.64. The Morgan fingerprint density at radius 2 is 0.833 bits per heavy atom. The summed E-state index contributed by atoms with van der Waals surface area (Å²) in [6.45, 7) is 4.97. The fourth-order valence-corrected chi connectivity index (χ4v) is 7.37. The number of amides is 2. The van der Waals surface area contributed by atoms with Gasteiger partial charge in [-0.1, -0.05) is 159 Å². The summed E-state index contributed by atoms with van der Waals surface area (Å²) in [6.07, 6.45) is 9.43. The second-order valence-corrected chi connectivity index (χ2v) is 14.5. The molecule has 0 saturated heterocycles. The van der Waals surface area contributed by atoms with Crippen molar-refractivity contribution in [2.45, 2.75) is 39.8 Å². The van der Waals surface area contributed by atoms with Gasteiger partial charge in [0.25, 0.3) is 0 Å². The van der Waals surface area contributed by atoms with Crippen molar-refractivity contribution in [1.82, 2.24) is 9.80 Å². The van der Waals surface area contributed by atoms with Gasteiger partial charge < -0.3 is 20.0 Å². The molecule has 2 N–H and O–H groups in total. The minimum absolute atomic E-state index is 0.0134. The van der Waals surface area contributed by atoms with E-state index in [1.807, 2.05) is 159 Å². The highest BCUT2D eigenvalue weighted by atomic mass is 16.4. The van der Waals surface area contributed by atoms with E-state index in [0.717, 1.165) is 22.3 Å². The summed E-state index contributed by atoms with van der Waals surface area (Å²) in [6, 6.07) is 38.5. The Morgan fingerprint density at radius 1 is 0.519 bits per heavy atom. The summed E-state index contributed by atoms with van der Waals surface area (Å²) in [5.41, 5.74) is 3.79. The van der Waals surface area contributed by atoms with Crippen LogP contribution < -0.4 is 0 Å². The third kappa shape index (κ3) is 10.7.